The Morgan fingerprint density at radius 3 is 2.66 bits per heavy atom. The lowest BCUT2D eigenvalue weighted by Gasteiger charge is -2.13. The van der Waals surface area contributed by atoms with Gasteiger partial charge in [0.1, 0.15) is 28.8 Å². The number of para-hydroxylation sites is 1. The normalized spacial score (nSPS) is 11.6. The lowest BCUT2D eigenvalue weighted by atomic mass is 10.1. The molecule has 0 aliphatic rings. The average Bonchev–Trinajstić information content (AvgIpc) is 3.40. The number of methoxy groups -OCH3 is 2. The van der Waals surface area contributed by atoms with Crippen LogP contribution in [0.4, 0.5) is 10.1 Å². The van der Waals surface area contributed by atoms with Gasteiger partial charge in [-0.05, 0) is 42.5 Å². The van der Waals surface area contributed by atoms with Crippen LogP contribution in [0, 0.1) is 5.82 Å². The van der Waals surface area contributed by atoms with Crippen molar-refractivity contribution in [2.24, 2.45) is 4.99 Å². The third-order valence-corrected chi connectivity index (χ3v) is 5.31. The maximum atomic E-state index is 14.2. The van der Waals surface area contributed by atoms with E-state index in [2.05, 4.69) is 4.99 Å². The molecule has 0 fully saturated rings. The van der Waals surface area contributed by atoms with Gasteiger partial charge in [-0.2, -0.15) is 0 Å². The van der Waals surface area contributed by atoms with Crippen LogP contribution < -0.4 is 14.3 Å². The molecule has 0 amide bonds. The lowest BCUT2D eigenvalue weighted by Crippen LogP contribution is -2.16. The predicted octanol–water partition coefficient (Wildman–Crippen LogP) is 5.25. The van der Waals surface area contributed by atoms with E-state index in [-0.39, 0.29) is 11.5 Å². The Morgan fingerprint density at radius 1 is 1.07 bits per heavy atom. The van der Waals surface area contributed by atoms with E-state index in [1.54, 1.807) is 38.7 Å². The molecule has 0 aliphatic carbocycles. The molecule has 0 bridgehead atoms. The van der Waals surface area contributed by atoms with Crippen molar-refractivity contribution < 1.29 is 18.3 Å². The number of thiazole rings is 1. The molecule has 4 aromatic rings. The maximum Gasteiger partial charge on any atom is 0.190 e. The summed E-state index contributed by atoms with van der Waals surface area (Å²) >= 11 is 1.42. The number of ether oxygens (including phenoxy) is 2. The first-order chi connectivity index (χ1) is 14.2. The number of hydrogen-bond donors (Lipinski definition) is 0. The van der Waals surface area contributed by atoms with Gasteiger partial charge >= 0.3 is 0 Å². The molecule has 0 spiro atoms. The van der Waals surface area contributed by atoms with E-state index in [9.17, 15) is 4.39 Å². The van der Waals surface area contributed by atoms with Gasteiger partial charge in [-0.15, -0.1) is 11.3 Å². The number of rotatable bonds is 6. The van der Waals surface area contributed by atoms with Crippen molar-refractivity contribution in [2.75, 3.05) is 14.2 Å². The fourth-order valence-corrected chi connectivity index (χ4v) is 3.92. The minimum atomic E-state index is -0.369. The van der Waals surface area contributed by atoms with Crippen molar-refractivity contribution in [1.29, 1.82) is 0 Å². The Labute approximate surface area is 171 Å². The highest BCUT2D eigenvalue weighted by molar-refractivity contribution is 7.07. The zero-order valence-electron chi connectivity index (χ0n) is 16.0. The third kappa shape index (κ3) is 3.95. The summed E-state index contributed by atoms with van der Waals surface area (Å²) in [5.41, 5.74) is 2.01. The molecule has 0 N–H and O–H groups in total. The van der Waals surface area contributed by atoms with Gasteiger partial charge in [0.2, 0.25) is 0 Å². The minimum absolute atomic E-state index is 0.284. The van der Waals surface area contributed by atoms with Gasteiger partial charge < -0.3 is 18.5 Å². The first-order valence-corrected chi connectivity index (χ1v) is 9.80. The summed E-state index contributed by atoms with van der Waals surface area (Å²) in [5, 5.41) is 1.97. The zero-order chi connectivity index (χ0) is 20.2. The summed E-state index contributed by atoms with van der Waals surface area (Å²) in [6, 6.07) is 15.8. The molecule has 0 saturated carbocycles. The minimum Gasteiger partial charge on any atom is -0.497 e. The summed E-state index contributed by atoms with van der Waals surface area (Å²) < 4.78 is 32.6. The first-order valence-electron chi connectivity index (χ1n) is 8.92. The van der Waals surface area contributed by atoms with Crippen LogP contribution in [0.5, 0.6) is 11.5 Å². The third-order valence-electron chi connectivity index (χ3n) is 4.44. The van der Waals surface area contributed by atoms with Crippen molar-refractivity contribution in [3.05, 3.63) is 82.6 Å². The van der Waals surface area contributed by atoms with E-state index in [1.165, 1.54) is 17.4 Å². The molecule has 0 unspecified atom stereocenters. The predicted molar refractivity (Wildman–Crippen MR) is 110 cm³/mol. The number of halogens is 1. The second kappa shape index (κ2) is 8.36. The number of aromatic nitrogens is 1. The van der Waals surface area contributed by atoms with E-state index in [0.29, 0.717) is 22.8 Å². The van der Waals surface area contributed by atoms with Gasteiger partial charge in [0.05, 0.1) is 32.7 Å². The van der Waals surface area contributed by atoms with E-state index in [0.717, 1.165) is 17.0 Å². The molecule has 2 aromatic carbocycles. The molecular weight excluding hydrogens is 391 g/mol. The number of nitrogens with zero attached hydrogens (tertiary/aromatic N) is 2. The number of furan rings is 1. The summed E-state index contributed by atoms with van der Waals surface area (Å²) in [6.07, 6.45) is 1.63. The van der Waals surface area contributed by atoms with Crippen LogP contribution >= 0.6 is 11.3 Å². The fourth-order valence-electron chi connectivity index (χ4n) is 3.01. The molecule has 0 atom stereocenters. The first kappa shape index (κ1) is 19.0. The zero-order valence-corrected chi connectivity index (χ0v) is 16.8. The van der Waals surface area contributed by atoms with Crippen molar-refractivity contribution in [2.45, 2.75) is 6.54 Å². The molecular formula is C22H19FN2O3S. The van der Waals surface area contributed by atoms with Gasteiger partial charge in [0.15, 0.2) is 4.80 Å². The molecule has 0 aliphatic heterocycles. The summed E-state index contributed by atoms with van der Waals surface area (Å²) in [7, 11) is 3.24. The number of hydrogen-bond acceptors (Lipinski definition) is 5. The molecule has 2 aromatic heterocycles. The quantitative estimate of drug-likeness (QED) is 0.436. The van der Waals surface area contributed by atoms with E-state index < -0.39 is 0 Å². The van der Waals surface area contributed by atoms with Crippen molar-refractivity contribution in [3.63, 3.8) is 0 Å². The van der Waals surface area contributed by atoms with Crippen molar-refractivity contribution >= 4 is 17.0 Å². The monoisotopic (exact) mass is 410 g/mol. The highest BCUT2D eigenvalue weighted by Crippen LogP contribution is 2.34. The van der Waals surface area contributed by atoms with E-state index >= 15 is 0 Å². The molecule has 2 heterocycles. The van der Waals surface area contributed by atoms with Crippen LogP contribution in [0.1, 0.15) is 5.76 Å². The van der Waals surface area contributed by atoms with Crippen LogP contribution in [0.3, 0.4) is 0 Å². The van der Waals surface area contributed by atoms with Gasteiger partial charge in [0, 0.05) is 10.9 Å². The van der Waals surface area contributed by atoms with Crippen LogP contribution in [0.2, 0.25) is 0 Å². The fraction of sp³-hybridized carbons (Fsp3) is 0.136. The van der Waals surface area contributed by atoms with Gasteiger partial charge in [-0.25, -0.2) is 9.38 Å². The second-order valence-corrected chi connectivity index (χ2v) is 7.04. The highest BCUT2D eigenvalue weighted by Gasteiger charge is 2.15. The van der Waals surface area contributed by atoms with Crippen molar-refractivity contribution in [3.8, 4) is 22.8 Å². The molecule has 0 radical (unpaired) electrons. The standard InChI is InChI=1S/C22H19FN2O3S/c1-26-15-9-10-21(27-2)17(12-15)20-14-29-22(24-19-8-4-3-7-18(19)23)25(20)13-16-6-5-11-28-16/h3-12,14H,13H2,1-2H3. The molecule has 148 valence electrons. The Morgan fingerprint density at radius 2 is 1.93 bits per heavy atom. The molecule has 0 saturated heterocycles. The summed E-state index contributed by atoms with van der Waals surface area (Å²) in [5.74, 6) is 1.81. The smallest absolute Gasteiger partial charge is 0.190 e. The van der Waals surface area contributed by atoms with E-state index in [1.807, 2.05) is 40.3 Å². The highest BCUT2D eigenvalue weighted by atomic mass is 32.1. The molecule has 4 rings (SSSR count). The van der Waals surface area contributed by atoms with Gasteiger partial charge in [-0.3, -0.25) is 0 Å². The van der Waals surface area contributed by atoms with Gasteiger partial charge in [-0.1, -0.05) is 12.1 Å². The average molecular weight is 410 g/mol. The lowest BCUT2D eigenvalue weighted by molar-refractivity contribution is 0.404. The van der Waals surface area contributed by atoms with Crippen LogP contribution in [-0.4, -0.2) is 18.8 Å². The number of benzene rings is 2. The molecule has 5 nitrogen and oxygen atoms in total. The molecule has 7 heteroatoms. The van der Waals surface area contributed by atoms with Crippen LogP contribution in [0.25, 0.3) is 11.3 Å². The Balaban J connectivity index is 1.92. The Hall–Kier alpha value is -3.32. The summed E-state index contributed by atoms with van der Waals surface area (Å²) in [6.45, 7) is 0.444. The largest absolute Gasteiger partial charge is 0.497 e. The molecule has 29 heavy (non-hydrogen) atoms. The van der Waals surface area contributed by atoms with Crippen LogP contribution in [0.15, 0.2) is 75.7 Å². The van der Waals surface area contributed by atoms with E-state index in [4.69, 9.17) is 13.9 Å². The second-order valence-electron chi connectivity index (χ2n) is 6.20. The Kier molecular flexibility index (Phi) is 5.48. The topological polar surface area (TPSA) is 48.9 Å². The van der Waals surface area contributed by atoms with Crippen LogP contribution in [-0.2, 0) is 6.54 Å². The van der Waals surface area contributed by atoms with Gasteiger partial charge in [0.25, 0.3) is 0 Å². The van der Waals surface area contributed by atoms with Crippen molar-refractivity contribution in [1.82, 2.24) is 4.57 Å². The SMILES string of the molecule is COc1ccc(OC)c(-c2csc(=Nc3ccccc3F)n2Cc2ccco2)c1. The Bertz CT molecular complexity index is 1180. The maximum absolute atomic E-state index is 14.2. The summed E-state index contributed by atoms with van der Waals surface area (Å²) in [4.78, 5) is 5.20.